The van der Waals surface area contributed by atoms with Crippen molar-refractivity contribution in [3.05, 3.63) is 17.8 Å². The van der Waals surface area contributed by atoms with Crippen molar-refractivity contribution in [1.82, 2.24) is 9.88 Å². The van der Waals surface area contributed by atoms with Crippen molar-refractivity contribution in [3.63, 3.8) is 0 Å². The number of aromatic nitrogens is 1. The molecule has 3 N–H and O–H groups in total. The summed E-state index contributed by atoms with van der Waals surface area (Å²) >= 11 is 0. The van der Waals surface area contributed by atoms with E-state index in [1.54, 1.807) is 14.1 Å². The van der Waals surface area contributed by atoms with Gasteiger partial charge in [0.2, 0.25) is 5.91 Å². The van der Waals surface area contributed by atoms with Gasteiger partial charge < -0.3 is 20.7 Å². The molecule has 0 bridgehead atoms. The topological polar surface area (TPSA) is 97.5 Å². The van der Waals surface area contributed by atoms with Crippen molar-refractivity contribution in [2.45, 2.75) is 0 Å². The fraction of sp³-hybridized carbons (Fsp3) is 0.364. The van der Waals surface area contributed by atoms with Gasteiger partial charge in [-0.05, 0) is 6.07 Å². The highest BCUT2D eigenvalue weighted by Crippen LogP contribution is 2.20. The van der Waals surface area contributed by atoms with Crippen molar-refractivity contribution < 1.29 is 14.3 Å². The van der Waals surface area contributed by atoms with Gasteiger partial charge in [-0.25, -0.2) is 9.78 Å². The number of likely N-dealkylation sites (N-methyl/N-ethyl adjacent to an activating group) is 1. The van der Waals surface area contributed by atoms with Crippen molar-refractivity contribution in [2.24, 2.45) is 0 Å². The summed E-state index contributed by atoms with van der Waals surface area (Å²) in [7, 11) is 4.56. The number of amides is 1. The molecular formula is C11H16N4O3. The molecule has 1 aromatic heterocycles. The molecule has 1 amide bonds. The molecule has 0 unspecified atom stereocenters. The summed E-state index contributed by atoms with van der Waals surface area (Å²) in [5, 5.41) is 2.78. The Morgan fingerprint density at radius 2 is 2.17 bits per heavy atom. The maximum absolute atomic E-state index is 11.4. The molecule has 0 fully saturated rings. The fourth-order valence-electron chi connectivity index (χ4n) is 1.22. The van der Waals surface area contributed by atoms with Gasteiger partial charge in [-0.15, -0.1) is 0 Å². The van der Waals surface area contributed by atoms with Crippen LogP contribution in [0.5, 0.6) is 0 Å². The summed E-state index contributed by atoms with van der Waals surface area (Å²) < 4.78 is 4.59. The van der Waals surface area contributed by atoms with Crippen LogP contribution in [-0.2, 0) is 9.53 Å². The van der Waals surface area contributed by atoms with Crippen LogP contribution in [0.25, 0.3) is 0 Å². The zero-order chi connectivity index (χ0) is 13.7. The van der Waals surface area contributed by atoms with E-state index in [4.69, 9.17) is 5.73 Å². The van der Waals surface area contributed by atoms with Crippen molar-refractivity contribution in [1.29, 1.82) is 0 Å². The summed E-state index contributed by atoms with van der Waals surface area (Å²) in [4.78, 5) is 28.2. The first kappa shape index (κ1) is 13.8. The monoisotopic (exact) mass is 252 g/mol. The number of nitrogens with one attached hydrogen (secondary N) is 1. The van der Waals surface area contributed by atoms with Crippen molar-refractivity contribution >= 4 is 23.4 Å². The number of hydrogen-bond acceptors (Lipinski definition) is 6. The van der Waals surface area contributed by atoms with Crippen LogP contribution < -0.4 is 11.1 Å². The zero-order valence-corrected chi connectivity index (χ0v) is 10.6. The van der Waals surface area contributed by atoms with Gasteiger partial charge in [0.25, 0.3) is 0 Å². The molecule has 0 aromatic carbocycles. The normalized spacial score (nSPS) is 9.72. The Kier molecular flexibility index (Phi) is 4.47. The zero-order valence-electron chi connectivity index (χ0n) is 10.6. The first-order valence-corrected chi connectivity index (χ1v) is 5.24. The molecule has 0 spiro atoms. The number of rotatable bonds is 4. The van der Waals surface area contributed by atoms with Crippen LogP contribution in [0.1, 0.15) is 10.4 Å². The minimum Gasteiger partial charge on any atom is -0.465 e. The summed E-state index contributed by atoms with van der Waals surface area (Å²) in [6, 6.07) is 1.46. The Hall–Kier alpha value is -2.31. The van der Waals surface area contributed by atoms with Gasteiger partial charge in [0.1, 0.15) is 5.82 Å². The third-order valence-electron chi connectivity index (χ3n) is 2.30. The predicted octanol–water partition coefficient (Wildman–Crippen LogP) is -0.0495. The van der Waals surface area contributed by atoms with Crippen LogP contribution in [0.15, 0.2) is 12.3 Å². The molecule has 18 heavy (non-hydrogen) atoms. The van der Waals surface area contributed by atoms with Crippen LogP contribution in [0.4, 0.5) is 11.5 Å². The lowest BCUT2D eigenvalue weighted by molar-refractivity contribution is -0.126. The second-order valence-electron chi connectivity index (χ2n) is 3.75. The number of methoxy groups -OCH3 is 1. The first-order valence-electron chi connectivity index (χ1n) is 5.24. The third kappa shape index (κ3) is 3.09. The Balaban J connectivity index is 2.84. The second kappa shape index (κ2) is 5.85. The number of nitrogens with zero attached hydrogens (tertiary/aromatic N) is 2. The molecule has 1 aromatic rings. The van der Waals surface area contributed by atoms with Crippen LogP contribution in [0, 0.1) is 0 Å². The van der Waals surface area contributed by atoms with E-state index < -0.39 is 5.97 Å². The maximum atomic E-state index is 11.4. The lowest BCUT2D eigenvalue weighted by Crippen LogP contribution is -2.29. The van der Waals surface area contributed by atoms with Gasteiger partial charge in [0.15, 0.2) is 0 Å². The number of esters is 1. The van der Waals surface area contributed by atoms with E-state index in [9.17, 15) is 9.59 Å². The molecular weight excluding hydrogens is 236 g/mol. The molecule has 0 radical (unpaired) electrons. The van der Waals surface area contributed by atoms with Crippen molar-refractivity contribution in [3.8, 4) is 0 Å². The van der Waals surface area contributed by atoms with Gasteiger partial charge in [-0.3, -0.25) is 4.79 Å². The molecule has 1 rings (SSSR count). The molecule has 0 atom stereocenters. The lowest BCUT2D eigenvalue weighted by Gasteiger charge is -2.13. The standard InChI is InChI=1S/C11H16N4O3/c1-15(2)8(16)6-14-10-9(12)7(4-5-13-10)11(17)18-3/h4-5H,6,12H2,1-3H3,(H,13,14). The quantitative estimate of drug-likeness (QED) is 0.729. The second-order valence-corrected chi connectivity index (χ2v) is 3.75. The number of anilines is 2. The van der Waals surface area contributed by atoms with Crippen LogP contribution in [0.2, 0.25) is 0 Å². The van der Waals surface area contributed by atoms with Crippen LogP contribution >= 0.6 is 0 Å². The molecule has 7 heteroatoms. The number of nitrogen functional groups attached to an aromatic ring is 1. The smallest absolute Gasteiger partial charge is 0.340 e. The Morgan fingerprint density at radius 1 is 1.50 bits per heavy atom. The molecule has 7 nitrogen and oxygen atoms in total. The van der Waals surface area contributed by atoms with Gasteiger partial charge in [-0.2, -0.15) is 0 Å². The minimum atomic E-state index is -0.545. The summed E-state index contributed by atoms with van der Waals surface area (Å²) in [5.41, 5.74) is 6.15. The maximum Gasteiger partial charge on any atom is 0.340 e. The molecule has 0 saturated heterocycles. The highest BCUT2D eigenvalue weighted by atomic mass is 16.5. The number of carbonyl (C=O) groups is 2. The van der Waals surface area contributed by atoms with Gasteiger partial charge in [-0.1, -0.05) is 0 Å². The van der Waals surface area contributed by atoms with Gasteiger partial charge in [0.05, 0.1) is 24.9 Å². The van der Waals surface area contributed by atoms with E-state index in [-0.39, 0.29) is 29.5 Å². The first-order chi connectivity index (χ1) is 8.47. The van der Waals surface area contributed by atoms with E-state index >= 15 is 0 Å². The van der Waals surface area contributed by atoms with E-state index in [1.807, 2.05) is 0 Å². The number of carbonyl (C=O) groups excluding carboxylic acids is 2. The number of ether oxygens (including phenoxy) is 1. The number of nitrogens with two attached hydrogens (primary N) is 1. The SMILES string of the molecule is COC(=O)c1ccnc(NCC(=O)N(C)C)c1N. The molecule has 0 aliphatic heterocycles. The van der Waals surface area contributed by atoms with E-state index in [0.29, 0.717) is 0 Å². The molecule has 0 saturated carbocycles. The molecule has 0 aliphatic rings. The van der Waals surface area contributed by atoms with Gasteiger partial charge in [0, 0.05) is 20.3 Å². The fourth-order valence-corrected chi connectivity index (χ4v) is 1.22. The largest absolute Gasteiger partial charge is 0.465 e. The van der Waals surface area contributed by atoms with Gasteiger partial charge >= 0.3 is 5.97 Å². The average molecular weight is 252 g/mol. The number of pyridine rings is 1. The molecule has 0 aliphatic carbocycles. The Labute approximate surface area is 105 Å². The summed E-state index contributed by atoms with van der Waals surface area (Å²) in [6.07, 6.45) is 1.42. The minimum absolute atomic E-state index is 0.0504. The molecule has 1 heterocycles. The third-order valence-corrected chi connectivity index (χ3v) is 2.30. The van der Waals surface area contributed by atoms with Crippen molar-refractivity contribution in [2.75, 3.05) is 38.8 Å². The number of hydrogen-bond donors (Lipinski definition) is 2. The average Bonchev–Trinajstić information content (AvgIpc) is 2.36. The van der Waals surface area contributed by atoms with E-state index in [1.165, 1.54) is 24.3 Å². The lowest BCUT2D eigenvalue weighted by atomic mass is 10.2. The summed E-state index contributed by atoms with van der Waals surface area (Å²) in [5.74, 6) is -0.385. The van der Waals surface area contributed by atoms with E-state index in [0.717, 1.165) is 0 Å². The highest BCUT2D eigenvalue weighted by Gasteiger charge is 2.14. The van der Waals surface area contributed by atoms with E-state index in [2.05, 4.69) is 15.0 Å². The Morgan fingerprint density at radius 3 is 2.72 bits per heavy atom. The predicted molar refractivity (Wildman–Crippen MR) is 67.2 cm³/mol. The Bertz CT molecular complexity index is 460. The van der Waals surface area contributed by atoms with Crippen LogP contribution in [0.3, 0.4) is 0 Å². The highest BCUT2D eigenvalue weighted by molar-refractivity contribution is 5.97. The molecule has 98 valence electrons. The van der Waals surface area contributed by atoms with Crippen LogP contribution in [-0.4, -0.2) is 49.5 Å². The summed E-state index contributed by atoms with van der Waals surface area (Å²) in [6.45, 7) is 0.0504.